The summed E-state index contributed by atoms with van der Waals surface area (Å²) in [5.74, 6) is 0.0685. The predicted octanol–water partition coefficient (Wildman–Crippen LogP) is 6.39. The molecule has 1 unspecified atom stereocenters. The fourth-order valence-corrected chi connectivity index (χ4v) is 4.70. The number of para-hydroxylation sites is 1. The average Bonchev–Trinajstić information content (AvgIpc) is 3.34. The number of amides is 1. The van der Waals surface area contributed by atoms with Crippen LogP contribution in [-0.4, -0.2) is 31.5 Å². The van der Waals surface area contributed by atoms with Gasteiger partial charge in [-0.25, -0.2) is 0 Å². The third-order valence-electron chi connectivity index (χ3n) is 6.74. The summed E-state index contributed by atoms with van der Waals surface area (Å²) in [5.41, 5.74) is 7.96. The van der Waals surface area contributed by atoms with Crippen LogP contribution >= 0.6 is 0 Å². The molecule has 2 N–H and O–H groups in total. The molecule has 0 saturated heterocycles. The molecule has 5 aromatic rings. The highest BCUT2D eigenvalue weighted by Crippen LogP contribution is 2.31. The maximum absolute atomic E-state index is 13.0. The van der Waals surface area contributed by atoms with Crippen LogP contribution in [0.2, 0.25) is 0 Å². The summed E-state index contributed by atoms with van der Waals surface area (Å²) in [5, 5.41) is 4.39. The average molecular weight is 474 g/mol. The van der Waals surface area contributed by atoms with Crippen LogP contribution in [0.15, 0.2) is 109 Å². The first kappa shape index (κ1) is 23.4. The Balaban J connectivity index is 1.32. The SMILES string of the molecule is CN(C)c1ccc(C(CNC(=O)Cc2ccc(-c3ccccc3)cc2)c2c[nH]c3ccccc23)cc1. The van der Waals surface area contributed by atoms with E-state index in [0.717, 1.165) is 22.3 Å². The summed E-state index contributed by atoms with van der Waals surface area (Å²) < 4.78 is 0. The molecule has 0 radical (unpaired) electrons. The molecule has 0 aliphatic carbocycles. The molecule has 1 atom stereocenters. The van der Waals surface area contributed by atoms with Crippen LogP contribution in [0.4, 0.5) is 5.69 Å². The van der Waals surface area contributed by atoms with Gasteiger partial charge >= 0.3 is 0 Å². The summed E-state index contributed by atoms with van der Waals surface area (Å²) in [4.78, 5) is 18.4. The number of hydrogen-bond acceptors (Lipinski definition) is 2. The number of aromatic nitrogens is 1. The Morgan fingerprint density at radius 2 is 1.47 bits per heavy atom. The number of rotatable bonds is 8. The lowest BCUT2D eigenvalue weighted by molar-refractivity contribution is -0.120. The van der Waals surface area contributed by atoms with Crippen molar-refractivity contribution in [1.82, 2.24) is 10.3 Å². The molecule has 1 amide bonds. The number of fused-ring (bicyclic) bond motifs is 1. The molecule has 4 aromatic carbocycles. The summed E-state index contributed by atoms with van der Waals surface area (Å²) in [6.07, 6.45) is 2.43. The zero-order chi connectivity index (χ0) is 24.9. The number of carbonyl (C=O) groups excluding carboxylic acids is 1. The molecule has 0 saturated carbocycles. The molecule has 36 heavy (non-hydrogen) atoms. The molecule has 0 spiro atoms. The minimum atomic E-state index is 0.0252. The van der Waals surface area contributed by atoms with Crippen molar-refractivity contribution in [2.75, 3.05) is 25.5 Å². The number of H-pyrrole nitrogens is 1. The van der Waals surface area contributed by atoms with Gasteiger partial charge in [-0.15, -0.1) is 0 Å². The highest BCUT2D eigenvalue weighted by molar-refractivity contribution is 5.84. The Labute approximate surface area is 212 Å². The van der Waals surface area contributed by atoms with E-state index >= 15 is 0 Å². The summed E-state index contributed by atoms with van der Waals surface area (Å²) >= 11 is 0. The second-order valence-corrected chi connectivity index (χ2v) is 9.37. The van der Waals surface area contributed by atoms with Crippen LogP contribution < -0.4 is 10.2 Å². The monoisotopic (exact) mass is 473 g/mol. The van der Waals surface area contributed by atoms with Crippen molar-refractivity contribution < 1.29 is 4.79 Å². The van der Waals surface area contributed by atoms with Crippen LogP contribution in [0.5, 0.6) is 0 Å². The number of anilines is 1. The minimum absolute atomic E-state index is 0.0252. The Morgan fingerprint density at radius 1 is 0.806 bits per heavy atom. The molecular weight excluding hydrogens is 442 g/mol. The number of nitrogens with zero attached hydrogens (tertiary/aromatic N) is 1. The maximum Gasteiger partial charge on any atom is 0.224 e. The van der Waals surface area contributed by atoms with Crippen molar-refractivity contribution >= 4 is 22.5 Å². The van der Waals surface area contributed by atoms with Crippen molar-refractivity contribution in [3.05, 3.63) is 126 Å². The molecule has 4 nitrogen and oxygen atoms in total. The van der Waals surface area contributed by atoms with E-state index in [1.807, 2.05) is 50.5 Å². The zero-order valence-electron chi connectivity index (χ0n) is 20.7. The fraction of sp³-hybridized carbons (Fsp3) is 0.156. The van der Waals surface area contributed by atoms with Gasteiger partial charge in [0.25, 0.3) is 0 Å². The van der Waals surface area contributed by atoms with Gasteiger partial charge in [0.2, 0.25) is 5.91 Å². The zero-order valence-corrected chi connectivity index (χ0v) is 20.7. The van der Waals surface area contributed by atoms with Crippen molar-refractivity contribution in [3.8, 4) is 11.1 Å². The van der Waals surface area contributed by atoms with Gasteiger partial charge in [-0.1, -0.05) is 84.9 Å². The van der Waals surface area contributed by atoms with Crippen LogP contribution in [0.3, 0.4) is 0 Å². The number of benzene rings is 4. The van der Waals surface area contributed by atoms with Crippen LogP contribution in [0.1, 0.15) is 22.6 Å². The second-order valence-electron chi connectivity index (χ2n) is 9.37. The molecule has 0 bridgehead atoms. The van der Waals surface area contributed by atoms with Gasteiger partial charge in [-0.3, -0.25) is 4.79 Å². The van der Waals surface area contributed by atoms with E-state index in [4.69, 9.17) is 0 Å². The molecule has 1 aromatic heterocycles. The molecule has 1 heterocycles. The van der Waals surface area contributed by atoms with Gasteiger partial charge in [0.15, 0.2) is 0 Å². The van der Waals surface area contributed by atoms with E-state index in [2.05, 4.69) is 88.1 Å². The van der Waals surface area contributed by atoms with Crippen molar-refractivity contribution in [2.45, 2.75) is 12.3 Å². The van der Waals surface area contributed by atoms with E-state index < -0.39 is 0 Å². The lowest BCUT2D eigenvalue weighted by Gasteiger charge is -2.20. The van der Waals surface area contributed by atoms with Gasteiger partial charge in [-0.05, 0) is 46.0 Å². The molecule has 0 fully saturated rings. The third kappa shape index (κ3) is 5.18. The van der Waals surface area contributed by atoms with Gasteiger partial charge in [0.05, 0.1) is 6.42 Å². The predicted molar refractivity (Wildman–Crippen MR) is 150 cm³/mol. The van der Waals surface area contributed by atoms with Crippen LogP contribution in [0, 0.1) is 0 Å². The van der Waals surface area contributed by atoms with E-state index in [1.165, 1.54) is 22.1 Å². The van der Waals surface area contributed by atoms with E-state index in [0.29, 0.717) is 13.0 Å². The molecule has 180 valence electrons. The molecular formula is C32H31N3O. The molecule has 5 rings (SSSR count). The van der Waals surface area contributed by atoms with Crippen molar-refractivity contribution in [1.29, 1.82) is 0 Å². The third-order valence-corrected chi connectivity index (χ3v) is 6.74. The van der Waals surface area contributed by atoms with Crippen molar-refractivity contribution in [3.63, 3.8) is 0 Å². The van der Waals surface area contributed by atoms with E-state index in [-0.39, 0.29) is 11.8 Å². The van der Waals surface area contributed by atoms with Crippen molar-refractivity contribution in [2.24, 2.45) is 0 Å². The second kappa shape index (κ2) is 10.5. The lowest BCUT2D eigenvalue weighted by atomic mass is 9.90. The summed E-state index contributed by atoms with van der Waals surface area (Å²) in [6, 6.07) is 35.4. The van der Waals surface area contributed by atoms with Crippen LogP contribution in [-0.2, 0) is 11.2 Å². The lowest BCUT2D eigenvalue weighted by Crippen LogP contribution is -2.30. The molecule has 0 aliphatic rings. The first-order chi connectivity index (χ1) is 17.6. The van der Waals surface area contributed by atoms with Gasteiger partial charge in [0.1, 0.15) is 0 Å². The Bertz CT molecular complexity index is 1430. The topological polar surface area (TPSA) is 48.1 Å². The Kier molecular flexibility index (Phi) is 6.85. The summed E-state index contributed by atoms with van der Waals surface area (Å²) in [6.45, 7) is 0.532. The number of carbonyl (C=O) groups is 1. The fourth-order valence-electron chi connectivity index (χ4n) is 4.70. The van der Waals surface area contributed by atoms with Gasteiger partial charge in [0, 0.05) is 49.3 Å². The van der Waals surface area contributed by atoms with E-state index in [9.17, 15) is 4.79 Å². The smallest absolute Gasteiger partial charge is 0.224 e. The van der Waals surface area contributed by atoms with Crippen LogP contribution in [0.25, 0.3) is 22.0 Å². The first-order valence-corrected chi connectivity index (χ1v) is 12.3. The first-order valence-electron chi connectivity index (χ1n) is 12.3. The van der Waals surface area contributed by atoms with E-state index in [1.54, 1.807) is 0 Å². The van der Waals surface area contributed by atoms with Gasteiger partial charge < -0.3 is 15.2 Å². The number of nitrogens with one attached hydrogen (secondary N) is 2. The Morgan fingerprint density at radius 3 is 2.19 bits per heavy atom. The number of hydrogen-bond donors (Lipinski definition) is 2. The highest BCUT2D eigenvalue weighted by atomic mass is 16.1. The molecule has 0 aliphatic heterocycles. The quantitative estimate of drug-likeness (QED) is 0.274. The van der Waals surface area contributed by atoms with Gasteiger partial charge in [-0.2, -0.15) is 0 Å². The largest absolute Gasteiger partial charge is 0.378 e. The molecule has 4 heteroatoms. The normalized spacial score (nSPS) is 11.8. The Hall–Kier alpha value is -4.31. The minimum Gasteiger partial charge on any atom is -0.378 e. The number of aromatic amines is 1. The maximum atomic E-state index is 13.0. The highest BCUT2D eigenvalue weighted by Gasteiger charge is 2.19. The standard InChI is InChI=1S/C32H31N3O/c1-35(2)27-18-16-26(17-19-27)29(30-22-33-31-11-7-6-10-28(30)31)21-34-32(36)20-23-12-14-25(15-13-23)24-8-4-3-5-9-24/h3-19,22,29,33H,20-21H2,1-2H3,(H,34,36). The summed E-state index contributed by atoms with van der Waals surface area (Å²) in [7, 11) is 4.08.